The molecule has 0 aliphatic carbocycles. The third-order valence-corrected chi connectivity index (χ3v) is 4.06. The Morgan fingerprint density at radius 1 is 1.37 bits per heavy atom. The number of aryl methyl sites for hydroxylation is 1. The van der Waals surface area contributed by atoms with Gasteiger partial charge in [-0.2, -0.15) is 5.10 Å². The largest absolute Gasteiger partial charge is 0.396 e. The van der Waals surface area contributed by atoms with Crippen LogP contribution in [0.15, 0.2) is 0 Å². The van der Waals surface area contributed by atoms with Crippen LogP contribution in [0, 0.1) is 19.8 Å². The zero-order valence-electron chi connectivity index (χ0n) is 11.4. The number of piperidine rings is 1. The zero-order chi connectivity index (χ0) is 14.0. The third-order valence-electron chi connectivity index (χ3n) is 3.85. The minimum atomic E-state index is 0.259. The van der Waals surface area contributed by atoms with Gasteiger partial charge in [0, 0.05) is 19.7 Å². The van der Waals surface area contributed by atoms with Crippen LogP contribution in [0.2, 0.25) is 0 Å². The van der Waals surface area contributed by atoms with Gasteiger partial charge in [0.05, 0.1) is 11.3 Å². The monoisotopic (exact) mass is 280 g/mol. The number of nitrogens with two attached hydrogens (primary N) is 1. The summed E-state index contributed by atoms with van der Waals surface area (Å²) in [5.41, 5.74) is 8.54. The molecule has 2 heterocycles. The molecular weight excluding hydrogens is 260 g/mol. The van der Waals surface area contributed by atoms with Gasteiger partial charge in [-0.3, -0.25) is 0 Å². The predicted octanol–water partition coefficient (Wildman–Crippen LogP) is 0.936. The van der Waals surface area contributed by atoms with Crippen LogP contribution in [0.5, 0.6) is 0 Å². The smallest absolute Gasteiger partial charge is 0.161 e. The summed E-state index contributed by atoms with van der Waals surface area (Å²) in [7, 11) is 0. The number of hydrogen-bond donors (Lipinski definition) is 2. The fourth-order valence-electron chi connectivity index (χ4n) is 2.44. The van der Waals surface area contributed by atoms with E-state index in [-0.39, 0.29) is 6.61 Å². The lowest BCUT2D eigenvalue weighted by Crippen LogP contribution is -2.37. The summed E-state index contributed by atoms with van der Waals surface area (Å²) in [6, 6.07) is 0. The number of anilines is 1. The van der Waals surface area contributed by atoms with E-state index in [0.29, 0.717) is 10.9 Å². The number of rotatable bonds is 3. The first-order valence-electron chi connectivity index (χ1n) is 6.54. The van der Waals surface area contributed by atoms with Crippen LogP contribution in [-0.4, -0.2) is 40.0 Å². The molecule has 0 amide bonds. The number of aliphatic hydroxyl groups is 1. The summed E-state index contributed by atoms with van der Waals surface area (Å²) >= 11 is 5.16. The van der Waals surface area contributed by atoms with Crippen molar-refractivity contribution >= 4 is 23.0 Å². The number of hydrogen-bond acceptors (Lipinski definition) is 5. The molecular formula is C13H20N4OS. The molecule has 104 valence electrons. The van der Waals surface area contributed by atoms with E-state index in [9.17, 15) is 5.11 Å². The summed E-state index contributed by atoms with van der Waals surface area (Å²) < 4.78 is 0. The van der Waals surface area contributed by atoms with Gasteiger partial charge in [0.1, 0.15) is 4.99 Å². The molecule has 1 aliphatic rings. The first kappa shape index (κ1) is 14.1. The fraction of sp³-hybridized carbons (Fsp3) is 0.615. The number of thiocarbonyl (C=S) groups is 1. The molecule has 0 bridgehead atoms. The van der Waals surface area contributed by atoms with Crippen molar-refractivity contribution in [2.75, 3.05) is 24.6 Å². The predicted molar refractivity (Wildman–Crippen MR) is 79.4 cm³/mol. The standard InChI is InChI=1S/C13H20N4OS/c1-8-9(2)15-16-13(11(8)12(14)19)17-5-3-10(7-18)4-6-17/h10,18H,3-7H2,1-2H3,(H2,14,19). The maximum atomic E-state index is 9.18. The Bertz CT molecular complexity index is 484. The molecule has 0 unspecified atom stereocenters. The molecule has 0 spiro atoms. The van der Waals surface area contributed by atoms with E-state index in [2.05, 4.69) is 15.1 Å². The minimum absolute atomic E-state index is 0.259. The summed E-state index contributed by atoms with van der Waals surface area (Å²) in [5, 5.41) is 17.6. The average Bonchev–Trinajstić information content (AvgIpc) is 2.41. The first-order valence-corrected chi connectivity index (χ1v) is 6.95. The van der Waals surface area contributed by atoms with Crippen molar-refractivity contribution in [3.8, 4) is 0 Å². The molecule has 1 aromatic rings. The van der Waals surface area contributed by atoms with E-state index in [1.807, 2.05) is 13.8 Å². The summed E-state index contributed by atoms with van der Waals surface area (Å²) in [4.78, 5) is 2.54. The van der Waals surface area contributed by atoms with Gasteiger partial charge in [0.25, 0.3) is 0 Å². The van der Waals surface area contributed by atoms with Crippen molar-refractivity contribution in [1.29, 1.82) is 0 Å². The van der Waals surface area contributed by atoms with Crippen molar-refractivity contribution in [2.24, 2.45) is 11.7 Å². The Hall–Kier alpha value is -1.27. The number of aliphatic hydroxyl groups excluding tert-OH is 1. The van der Waals surface area contributed by atoms with Gasteiger partial charge in [-0.05, 0) is 38.2 Å². The molecule has 1 aliphatic heterocycles. The molecule has 0 radical (unpaired) electrons. The lowest BCUT2D eigenvalue weighted by molar-refractivity contribution is 0.202. The fourth-order valence-corrected chi connectivity index (χ4v) is 2.68. The van der Waals surface area contributed by atoms with E-state index < -0.39 is 0 Å². The highest BCUT2D eigenvalue weighted by Crippen LogP contribution is 2.26. The Morgan fingerprint density at radius 3 is 2.53 bits per heavy atom. The van der Waals surface area contributed by atoms with E-state index in [0.717, 1.165) is 48.6 Å². The van der Waals surface area contributed by atoms with E-state index in [4.69, 9.17) is 18.0 Å². The molecule has 6 heteroatoms. The van der Waals surface area contributed by atoms with Gasteiger partial charge in [-0.1, -0.05) is 12.2 Å². The highest BCUT2D eigenvalue weighted by molar-refractivity contribution is 7.80. The Kier molecular flexibility index (Phi) is 4.31. The van der Waals surface area contributed by atoms with Crippen LogP contribution >= 0.6 is 12.2 Å². The highest BCUT2D eigenvalue weighted by Gasteiger charge is 2.24. The van der Waals surface area contributed by atoms with Gasteiger partial charge in [-0.25, -0.2) is 0 Å². The van der Waals surface area contributed by atoms with Crippen LogP contribution in [-0.2, 0) is 0 Å². The van der Waals surface area contributed by atoms with Gasteiger partial charge in [0.15, 0.2) is 5.82 Å². The van der Waals surface area contributed by atoms with E-state index in [1.54, 1.807) is 0 Å². The summed E-state index contributed by atoms with van der Waals surface area (Å²) in [6.45, 7) is 5.86. The molecule has 1 aromatic heterocycles. The van der Waals surface area contributed by atoms with Gasteiger partial charge < -0.3 is 15.7 Å². The molecule has 5 nitrogen and oxygen atoms in total. The van der Waals surface area contributed by atoms with Crippen LogP contribution < -0.4 is 10.6 Å². The van der Waals surface area contributed by atoms with E-state index in [1.165, 1.54) is 0 Å². The zero-order valence-corrected chi connectivity index (χ0v) is 12.2. The lowest BCUT2D eigenvalue weighted by atomic mass is 9.97. The van der Waals surface area contributed by atoms with Crippen molar-refractivity contribution in [2.45, 2.75) is 26.7 Å². The maximum Gasteiger partial charge on any atom is 0.161 e. The van der Waals surface area contributed by atoms with Crippen molar-refractivity contribution in [1.82, 2.24) is 10.2 Å². The highest BCUT2D eigenvalue weighted by atomic mass is 32.1. The lowest BCUT2D eigenvalue weighted by Gasteiger charge is -2.33. The van der Waals surface area contributed by atoms with Crippen LogP contribution in [0.4, 0.5) is 5.82 Å². The maximum absolute atomic E-state index is 9.18. The topological polar surface area (TPSA) is 75.3 Å². The van der Waals surface area contributed by atoms with Gasteiger partial charge >= 0.3 is 0 Å². The van der Waals surface area contributed by atoms with Crippen LogP contribution in [0.3, 0.4) is 0 Å². The molecule has 0 aromatic carbocycles. The van der Waals surface area contributed by atoms with Crippen molar-refractivity contribution in [3.05, 3.63) is 16.8 Å². The molecule has 3 N–H and O–H groups in total. The van der Waals surface area contributed by atoms with Crippen molar-refractivity contribution in [3.63, 3.8) is 0 Å². The molecule has 0 saturated carbocycles. The molecule has 2 rings (SSSR count). The summed E-state index contributed by atoms with van der Waals surface area (Å²) in [5.74, 6) is 1.18. The average molecular weight is 280 g/mol. The molecule has 0 atom stereocenters. The second-order valence-electron chi connectivity index (χ2n) is 5.09. The quantitative estimate of drug-likeness (QED) is 0.803. The van der Waals surface area contributed by atoms with Gasteiger partial charge in [0.2, 0.25) is 0 Å². The number of aromatic nitrogens is 2. The molecule has 19 heavy (non-hydrogen) atoms. The minimum Gasteiger partial charge on any atom is -0.396 e. The van der Waals surface area contributed by atoms with Crippen molar-refractivity contribution < 1.29 is 5.11 Å². The molecule has 1 saturated heterocycles. The van der Waals surface area contributed by atoms with Crippen LogP contribution in [0.25, 0.3) is 0 Å². The van der Waals surface area contributed by atoms with E-state index >= 15 is 0 Å². The first-order chi connectivity index (χ1) is 9.04. The Balaban J connectivity index is 2.30. The molecule has 1 fully saturated rings. The number of nitrogens with zero attached hydrogens (tertiary/aromatic N) is 3. The second-order valence-corrected chi connectivity index (χ2v) is 5.53. The second kappa shape index (κ2) is 5.79. The van der Waals surface area contributed by atoms with Crippen LogP contribution in [0.1, 0.15) is 29.7 Å². The Labute approximate surface area is 118 Å². The van der Waals surface area contributed by atoms with Gasteiger partial charge in [-0.15, -0.1) is 5.10 Å². The Morgan fingerprint density at radius 2 is 2.00 bits per heavy atom. The summed E-state index contributed by atoms with van der Waals surface area (Å²) in [6.07, 6.45) is 1.92. The third kappa shape index (κ3) is 2.84. The SMILES string of the molecule is Cc1nnc(N2CCC(CO)CC2)c(C(N)=S)c1C. The normalized spacial score (nSPS) is 16.7.